The van der Waals surface area contributed by atoms with Crippen LogP contribution in [-0.4, -0.2) is 18.4 Å². The van der Waals surface area contributed by atoms with E-state index in [0.717, 1.165) is 22.4 Å². The molecule has 2 amide bonds. The second kappa shape index (κ2) is 9.04. The molecule has 0 spiro atoms. The van der Waals surface area contributed by atoms with Gasteiger partial charge in [0.2, 0.25) is 5.91 Å². The van der Waals surface area contributed by atoms with Crippen LogP contribution in [-0.2, 0) is 16.0 Å². The third-order valence-corrected chi connectivity index (χ3v) is 5.64. The molecule has 0 aliphatic carbocycles. The Balaban J connectivity index is 1.46. The zero-order valence-corrected chi connectivity index (χ0v) is 17.8. The van der Waals surface area contributed by atoms with Gasteiger partial charge in [-0.05, 0) is 66.3 Å². The number of fused-ring (bicyclic) bond motifs is 1. The lowest BCUT2D eigenvalue weighted by molar-refractivity contribution is -0.123. The summed E-state index contributed by atoms with van der Waals surface area (Å²) < 4.78 is 5.75. The van der Waals surface area contributed by atoms with E-state index >= 15 is 0 Å². The lowest BCUT2D eigenvalue weighted by atomic mass is 9.95. The SMILES string of the molecule is Cc1ccc([C@@H](NC(=O)COc2ccc3c(c2)CCC(=O)N3)c2ccccc2)cc1C. The number of aryl methyl sites for hydroxylation is 3. The highest BCUT2D eigenvalue weighted by atomic mass is 16.5. The van der Waals surface area contributed by atoms with Gasteiger partial charge in [0.25, 0.3) is 5.91 Å². The van der Waals surface area contributed by atoms with Gasteiger partial charge in [-0.3, -0.25) is 9.59 Å². The Labute approximate surface area is 182 Å². The second-order valence-electron chi connectivity index (χ2n) is 7.91. The zero-order valence-electron chi connectivity index (χ0n) is 17.8. The van der Waals surface area contributed by atoms with Gasteiger partial charge in [-0.15, -0.1) is 0 Å². The highest BCUT2D eigenvalue weighted by molar-refractivity contribution is 5.94. The fourth-order valence-electron chi connectivity index (χ4n) is 3.75. The fourth-order valence-corrected chi connectivity index (χ4v) is 3.75. The number of anilines is 1. The predicted molar refractivity (Wildman–Crippen MR) is 121 cm³/mol. The molecule has 1 aliphatic rings. The van der Waals surface area contributed by atoms with Crippen LogP contribution in [0.1, 0.15) is 40.3 Å². The smallest absolute Gasteiger partial charge is 0.258 e. The average molecular weight is 415 g/mol. The molecule has 1 aliphatic heterocycles. The Morgan fingerprint density at radius 1 is 0.968 bits per heavy atom. The normalized spacial score (nSPS) is 13.7. The summed E-state index contributed by atoms with van der Waals surface area (Å²) in [6.45, 7) is 4.07. The lowest BCUT2D eigenvalue weighted by Gasteiger charge is -2.21. The first kappa shape index (κ1) is 20.7. The van der Waals surface area contributed by atoms with Crippen molar-refractivity contribution in [2.24, 2.45) is 0 Å². The number of hydrogen-bond acceptors (Lipinski definition) is 3. The van der Waals surface area contributed by atoms with E-state index < -0.39 is 0 Å². The van der Waals surface area contributed by atoms with E-state index in [1.54, 1.807) is 6.07 Å². The summed E-state index contributed by atoms with van der Waals surface area (Å²) in [6, 6.07) is 21.4. The molecule has 0 bridgehead atoms. The lowest BCUT2D eigenvalue weighted by Crippen LogP contribution is -2.33. The van der Waals surface area contributed by atoms with Crippen LogP contribution in [0.4, 0.5) is 5.69 Å². The number of ether oxygens (including phenoxy) is 1. The third kappa shape index (κ3) is 4.94. The van der Waals surface area contributed by atoms with Gasteiger partial charge < -0.3 is 15.4 Å². The zero-order chi connectivity index (χ0) is 21.8. The van der Waals surface area contributed by atoms with Crippen molar-refractivity contribution in [1.82, 2.24) is 5.32 Å². The Morgan fingerprint density at radius 3 is 2.55 bits per heavy atom. The monoisotopic (exact) mass is 414 g/mol. The molecule has 0 unspecified atom stereocenters. The van der Waals surface area contributed by atoms with Crippen molar-refractivity contribution in [3.8, 4) is 5.75 Å². The number of nitrogens with one attached hydrogen (secondary N) is 2. The van der Waals surface area contributed by atoms with Crippen molar-refractivity contribution in [1.29, 1.82) is 0 Å². The second-order valence-corrected chi connectivity index (χ2v) is 7.91. The quantitative estimate of drug-likeness (QED) is 0.625. The maximum absolute atomic E-state index is 12.8. The van der Waals surface area contributed by atoms with Crippen molar-refractivity contribution >= 4 is 17.5 Å². The van der Waals surface area contributed by atoms with Gasteiger partial charge >= 0.3 is 0 Å². The van der Waals surface area contributed by atoms with Crippen LogP contribution in [0.15, 0.2) is 66.7 Å². The van der Waals surface area contributed by atoms with Crippen molar-refractivity contribution < 1.29 is 14.3 Å². The molecule has 0 fully saturated rings. The van der Waals surface area contributed by atoms with Gasteiger partial charge in [-0.25, -0.2) is 0 Å². The Hall–Kier alpha value is -3.60. The van der Waals surface area contributed by atoms with Crippen LogP contribution < -0.4 is 15.4 Å². The maximum atomic E-state index is 12.8. The number of benzene rings is 3. The predicted octanol–water partition coefficient (Wildman–Crippen LogP) is 4.47. The minimum absolute atomic E-state index is 0.0267. The summed E-state index contributed by atoms with van der Waals surface area (Å²) in [5, 5.41) is 5.96. The van der Waals surface area contributed by atoms with E-state index in [1.807, 2.05) is 42.5 Å². The van der Waals surface area contributed by atoms with Crippen LogP contribution in [0.2, 0.25) is 0 Å². The minimum atomic E-state index is -0.254. The summed E-state index contributed by atoms with van der Waals surface area (Å²) in [5.41, 5.74) is 6.29. The molecule has 3 aromatic carbocycles. The number of carbonyl (C=O) groups excluding carboxylic acids is 2. The molecule has 2 N–H and O–H groups in total. The van der Waals surface area contributed by atoms with Gasteiger partial charge in [-0.2, -0.15) is 0 Å². The van der Waals surface area contributed by atoms with Crippen LogP contribution in [0.3, 0.4) is 0 Å². The molecule has 158 valence electrons. The van der Waals surface area contributed by atoms with Crippen LogP contribution in [0.5, 0.6) is 5.75 Å². The Kier molecular flexibility index (Phi) is 6.03. The van der Waals surface area contributed by atoms with Crippen molar-refractivity contribution in [3.63, 3.8) is 0 Å². The average Bonchev–Trinajstić information content (AvgIpc) is 2.78. The summed E-state index contributed by atoms with van der Waals surface area (Å²) in [5.74, 6) is 0.449. The summed E-state index contributed by atoms with van der Waals surface area (Å²) in [4.78, 5) is 24.3. The first-order valence-electron chi connectivity index (χ1n) is 10.5. The van der Waals surface area contributed by atoms with Gasteiger partial charge in [0.1, 0.15) is 5.75 Å². The summed E-state index contributed by atoms with van der Waals surface area (Å²) >= 11 is 0. The molecule has 0 aromatic heterocycles. The fraction of sp³-hybridized carbons (Fsp3) is 0.231. The van der Waals surface area contributed by atoms with E-state index in [2.05, 4.69) is 42.7 Å². The molecular weight excluding hydrogens is 388 g/mol. The van der Waals surface area contributed by atoms with Crippen molar-refractivity contribution in [3.05, 3.63) is 94.5 Å². The van der Waals surface area contributed by atoms with Gasteiger partial charge in [0.05, 0.1) is 6.04 Å². The van der Waals surface area contributed by atoms with Gasteiger partial charge in [0.15, 0.2) is 6.61 Å². The highest BCUT2D eigenvalue weighted by Gasteiger charge is 2.19. The van der Waals surface area contributed by atoms with E-state index in [9.17, 15) is 9.59 Å². The molecule has 31 heavy (non-hydrogen) atoms. The first-order chi connectivity index (χ1) is 15.0. The van der Waals surface area contributed by atoms with E-state index in [4.69, 9.17) is 4.74 Å². The number of amides is 2. The molecule has 1 heterocycles. The molecule has 5 nitrogen and oxygen atoms in total. The van der Waals surface area contributed by atoms with Gasteiger partial charge in [0, 0.05) is 12.1 Å². The Morgan fingerprint density at radius 2 is 1.77 bits per heavy atom. The number of hydrogen-bond donors (Lipinski definition) is 2. The van der Waals surface area contributed by atoms with E-state index in [1.165, 1.54) is 11.1 Å². The van der Waals surface area contributed by atoms with Crippen LogP contribution in [0, 0.1) is 13.8 Å². The highest BCUT2D eigenvalue weighted by Crippen LogP contribution is 2.27. The first-order valence-corrected chi connectivity index (χ1v) is 10.5. The van der Waals surface area contributed by atoms with Crippen LogP contribution >= 0.6 is 0 Å². The van der Waals surface area contributed by atoms with E-state index in [-0.39, 0.29) is 24.5 Å². The number of carbonyl (C=O) groups is 2. The van der Waals surface area contributed by atoms with Crippen molar-refractivity contribution in [2.45, 2.75) is 32.7 Å². The van der Waals surface area contributed by atoms with Crippen LogP contribution in [0.25, 0.3) is 0 Å². The molecule has 3 aromatic rings. The maximum Gasteiger partial charge on any atom is 0.258 e. The number of rotatable bonds is 6. The summed E-state index contributed by atoms with van der Waals surface area (Å²) in [6.07, 6.45) is 1.14. The summed E-state index contributed by atoms with van der Waals surface area (Å²) in [7, 11) is 0. The molecule has 0 saturated carbocycles. The standard InChI is InChI=1S/C26H26N2O3/c1-17-8-9-21(14-18(17)2)26(19-6-4-3-5-7-19)28-25(30)16-31-22-11-12-23-20(15-22)10-13-24(29)27-23/h3-9,11-12,14-15,26H,10,13,16H2,1-2H3,(H,27,29)(H,28,30)/t26-/m0/s1. The Bertz CT molecular complexity index is 1110. The minimum Gasteiger partial charge on any atom is -0.484 e. The molecular formula is C26H26N2O3. The molecule has 1 atom stereocenters. The van der Waals surface area contributed by atoms with E-state index in [0.29, 0.717) is 18.6 Å². The third-order valence-electron chi connectivity index (χ3n) is 5.64. The molecule has 0 saturated heterocycles. The molecule has 5 heteroatoms. The van der Waals surface area contributed by atoms with Gasteiger partial charge in [-0.1, -0.05) is 48.5 Å². The van der Waals surface area contributed by atoms with Crippen molar-refractivity contribution in [2.75, 3.05) is 11.9 Å². The molecule has 0 radical (unpaired) electrons. The topological polar surface area (TPSA) is 67.4 Å². The largest absolute Gasteiger partial charge is 0.484 e. The molecule has 4 rings (SSSR count).